The molecule has 2 unspecified atom stereocenters. The number of nitrogens with zero attached hydrogens (tertiary/aromatic N) is 3. The van der Waals surface area contributed by atoms with E-state index in [0.717, 1.165) is 51.2 Å². The molecule has 0 spiro atoms. The summed E-state index contributed by atoms with van der Waals surface area (Å²) in [6.45, 7) is 15.7. The van der Waals surface area contributed by atoms with Gasteiger partial charge in [0.25, 0.3) is 0 Å². The van der Waals surface area contributed by atoms with Gasteiger partial charge in [0.05, 0.1) is 25.3 Å². The molecular formula is C23H42IN5OS. The molecule has 0 aromatic carbocycles. The maximum Gasteiger partial charge on any atom is 0.191 e. The third kappa shape index (κ3) is 8.79. The summed E-state index contributed by atoms with van der Waals surface area (Å²) in [7, 11) is 0. The van der Waals surface area contributed by atoms with Crippen molar-refractivity contribution in [2.24, 2.45) is 10.9 Å². The van der Waals surface area contributed by atoms with Crippen LogP contribution in [0.3, 0.4) is 0 Å². The van der Waals surface area contributed by atoms with E-state index in [-0.39, 0.29) is 30.1 Å². The van der Waals surface area contributed by atoms with E-state index in [1.807, 2.05) is 11.3 Å². The van der Waals surface area contributed by atoms with Gasteiger partial charge in [0.15, 0.2) is 5.96 Å². The topological polar surface area (TPSA) is 52.1 Å². The summed E-state index contributed by atoms with van der Waals surface area (Å²) in [5, 5.41) is 9.20. The van der Waals surface area contributed by atoms with Crippen LogP contribution in [0.5, 0.6) is 0 Å². The van der Waals surface area contributed by atoms with Crippen LogP contribution in [-0.4, -0.2) is 80.8 Å². The molecule has 3 heterocycles. The van der Waals surface area contributed by atoms with Gasteiger partial charge in [-0.3, -0.25) is 9.89 Å². The van der Waals surface area contributed by atoms with Gasteiger partial charge in [-0.25, -0.2) is 0 Å². The first kappa shape index (κ1) is 26.8. The van der Waals surface area contributed by atoms with E-state index in [2.05, 4.69) is 58.7 Å². The van der Waals surface area contributed by atoms with Gasteiger partial charge in [-0.2, -0.15) is 0 Å². The molecule has 178 valence electrons. The molecule has 3 rings (SSSR count). The van der Waals surface area contributed by atoms with Crippen molar-refractivity contribution in [2.75, 3.05) is 59.0 Å². The largest absolute Gasteiger partial charge is 0.376 e. The Bertz CT molecular complexity index is 621. The summed E-state index contributed by atoms with van der Waals surface area (Å²) in [6, 6.07) is 4.71. The first-order chi connectivity index (χ1) is 14.7. The predicted octanol–water partition coefficient (Wildman–Crippen LogP) is 3.81. The van der Waals surface area contributed by atoms with Gasteiger partial charge in [0.2, 0.25) is 0 Å². The zero-order valence-electron chi connectivity index (χ0n) is 19.5. The van der Waals surface area contributed by atoms with E-state index in [9.17, 15) is 0 Å². The normalized spacial score (nSPS) is 22.7. The zero-order chi connectivity index (χ0) is 21.2. The Morgan fingerprint density at radius 1 is 1.26 bits per heavy atom. The lowest BCUT2D eigenvalue weighted by Crippen LogP contribution is -2.44. The molecule has 31 heavy (non-hydrogen) atoms. The number of nitrogens with one attached hydrogen (secondary N) is 2. The Hall–Kier alpha value is -0.420. The van der Waals surface area contributed by atoms with Gasteiger partial charge in [0.1, 0.15) is 0 Å². The second-order valence-electron chi connectivity index (χ2n) is 8.52. The minimum absolute atomic E-state index is 0. The number of halogens is 1. The number of likely N-dealkylation sites (tertiary alicyclic amines) is 1. The molecular weight excluding hydrogens is 521 g/mol. The van der Waals surface area contributed by atoms with Crippen molar-refractivity contribution in [2.45, 2.75) is 52.2 Å². The molecule has 6 nitrogen and oxygen atoms in total. The highest BCUT2D eigenvalue weighted by atomic mass is 127. The first-order valence-electron chi connectivity index (χ1n) is 11.8. The SMILES string of the molecule is CCNC(=NCC(c1cccs1)N1CCOC(C)C1)NCCC1CCN(CC)CC1.I. The minimum Gasteiger partial charge on any atom is -0.376 e. The quantitative estimate of drug-likeness (QED) is 0.272. The fourth-order valence-electron chi connectivity index (χ4n) is 4.50. The molecule has 2 aliphatic rings. The fraction of sp³-hybridized carbons (Fsp3) is 0.783. The van der Waals surface area contributed by atoms with Gasteiger partial charge in [-0.05, 0) is 70.1 Å². The van der Waals surface area contributed by atoms with Crippen molar-refractivity contribution in [3.63, 3.8) is 0 Å². The smallest absolute Gasteiger partial charge is 0.191 e. The minimum atomic E-state index is 0. The number of hydrogen-bond donors (Lipinski definition) is 2. The van der Waals surface area contributed by atoms with Crippen LogP contribution in [-0.2, 0) is 4.74 Å². The summed E-state index contributed by atoms with van der Waals surface area (Å²) in [6.07, 6.45) is 4.19. The van der Waals surface area contributed by atoms with Crippen molar-refractivity contribution in [1.29, 1.82) is 0 Å². The van der Waals surface area contributed by atoms with Crippen molar-refractivity contribution >= 4 is 41.3 Å². The maximum atomic E-state index is 5.76. The third-order valence-corrected chi connectivity index (χ3v) is 7.32. The van der Waals surface area contributed by atoms with Crippen LogP contribution < -0.4 is 10.6 Å². The summed E-state index contributed by atoms with van der Waals surface area (Å²) >= 11 is 1.83. The molecule has 1 aromatic heterocycles. The molecule has 0 bridgehead atoms. The molecule has 8 heteroatoms. The first-order valence-corrected chi connectivity index (χ1v) is 12.7. The van der Waals surface area contributed by atoms with Crippen molar-refractivity contribution in [1.82, 2.24) is 20.4 Å². The van der Waals surface area contributed by atoms with Crippen molar-refractivity contribution in [3.8, 4) is 0 Å². The molecule has 2 fully saturated rings. The molecule has 2 atom stereocenters. The van der Waals surface area contributed by atoms with E-state index >= 15 is 0 Å². The van der Waals surface area contributed by atoms with Gasteiger partial charge < -0.3 is 20.3 Å². The number of guanidine groups is 1. The van der Waals surface area contributed by atoms with E-state index in [1.54, 1.807) is 0 Å². The molecule has 0 saturated carbocycles. The Kier molecular flexibility index (Phi) is 12.7. The lowest BCUT2D eigenvalue weighted by atomic mass is 9.93. The average Bonchev–Trinajstić information content (AvgIpc) is 3.29. The van der Waals surface area contributed by atoms with Crippen molar-refractivity contribution in [3.05, 3.63) is 22.4 Å². The molecule has 0 aliphatic carbocycles. The van der Waals surface area contributed by atoms with Gasteiger partial charge in [0, 0.05) is 31.1 Å². The van der Waals surface area contributed by atoms with Crippen LogP contribution >= 0.6 is 35.3 Å². The second kappa shape index (κ2) is 14.7. The molecule has 0 amide bonds. The standard InChI is InChI=1S/C23H41N5OS.HI/c1-4-24-23(25-11-8-20-9-12-27(5-2)13-10-20)26-17-21(22-7-6-16-30-22)28-14-15-29-19(3)18-28;/h6-7,16,19-21H,4-5,8-15,17-18H2,1-3H3,(H2,24,25,26);1H. The molecule has 2 N–H and O–H groups in total. The van der Waals surface area contributed by atoms with Crippen LogP contribution in [0, 0.1) is 5.92 Å². The van der Waals surface area contributed by atoms with Gasteiger partial charge >= 0.3 is 0 Å². The lowest BCUT2D eigenvalue weighted by molar-refractivity contribution is -0.0327. The lowest BCUT2D eigenvalue weighted by Gasteiger charge is -2.36. The van der Waals surface area contributed by atoms with Gasteiger partial charge in [-0.1, -0.05) is 13.0 Å². The average molecular weight is 564 g/mol. The molecule has 2 saturated heterocycles. The zero-order valence-corrected chi connectivity index (χ0v) is 22.7. The molecule has 1 aromatic rings. The Morgan fingerprint density at radius 3 is 2.71 bits per heavy atom. The van der Waals surface area contributed by atoms with E-state index < -0.39 is 0 Å². The maximum absolute atomic E-state index is 5.76. The Balaban J connectivity index is 0.00000341. The van der Waals surface area contributed by atoms with Crippen LogP contribution in [0.25, 0.3) is 0 Å². The van der Waals surface area contributed by atoms with Crippen LogP contribution in [0.2, 0.25) is 0 Å². The summed E-state index contributed by atoms with van der Waals surface area (Å²) in [5.74, 6) is 1.79. The van der Waals surface area contributed by atoms with E-state index in [0.29, 0.717) is 6.04 Å². The number of aliphatic imine (C=N–C) groups is 1. The Morgan fingerprint density at radius 2 is 2.06 bits per heavy atom. The molecule has 2 aliphatic heterocycles. The summed E-state index contributed by atoms with van der Waals surface area (Å²) < 4.78 is 5.76. The second-order valence-corrected chi connectivity index (χ2v) is 9.50. The monoisotopic (exact) mass is 563 g/mol. The highest BCUT2D eigenvalue weighted by Crippen LogP contribution is 2.27. The summed E-state index contributed by atoms with van der Waals surface area (Å²) in [5.41, 5.74) is 0. The van der Waals surface area contributed by atoms with E-state index in [1.165, 1.54) is 43.8 Å². The van der Waals surface area contributed by atoms with E-state index in [4.69, 9.17) is 9.73 Å². The number of rotatable bonds is 9. The third-order valence-electron chi connectivity index (χ3n) is 6.35. The highest BCUT2D eigenvalue weighted by molar-refractivity contribution is 14.0. The number of hydrogen-bond acceptors (Lipinski definition) is 5. The molecule has 0 radical (unpaired) electrons. The van der Waals surface area contributed by atoms with Gasteiger partial charge in [-0.15, -0.1) is 35.3 Å². The number of morpholine rings is 1. The highest BCUT2D eigenvalue weighted by Gasteiger charge is 2.26. The van der Waals surface area contributed by atoms with Crippen molar-refractivity contribution < 1.29 is 4.74 Å². The number of ether oxygens (including phenoxy) is 1. The van der Waals surface area contributed by atoms with Crippen LogP contribution in [0.15, 0.2) is 22.5 Å². The van der Waals surface area contributed by atoms with Crippen LogP contribution in [0.1, 0.15) is 51.0 Å². The van der Waals surface area contributed by atoms with Crippen LogP contribution in [0.4, 0.5) is 0 Å². The fourth-order valence-corrected chi connectivity index (χ4v) is 5.35. The number of thiophene rings is 1. The summed E-state index contributed by atoms with van der Waals surface area (Å²) in [4.78, 5) is 11.5. The number of piperidine rings is 1. The predicted molar refractivity (Wildman–Crippen MR) is 143 cm³/mol. The Labute approximate surface area is 210 Å².